The molecule has 1 N–H and O–H groups in total. The smallest absolute Gasteiger partial charge is 0.0704 e. The molecule has 0 bridgehead atoms. The van der Waals surface area contributed by atoms with Crippen LogP contribution in [0.1, 0.15) is 20.8 Å². The molecule has 0 saturated heterocycles. The zero-order valence-corrected chi connectivity index (χ0v) is 11.9. The number of hydrogen-bond acceptors (Lipinski definition) is 5. The van der Waals surface area contributed by atoms with E-state index in [9.17, 15) is 0 Å². The van der Waals surface area contributed by atoms with Crippen molar-refractivity contribution in [3.8, 4) is 0 Å². The molecule has 0 saturated carbocycles. The van der Waals surface area contributed by atoms with Crippen molar-refractivity contribution in [2.75, 3.05) is 52.9 Å². The molecule has 0 aliphatic carbocycles. The number of ether oxygens (including phenoxy) is 4. The van der Waals surface area contributed by atoms with Gasteiger partial charge in [0, 0.05) is 0 Å². The van der Waals surface area contributed by atoms with Gasteiger partial charge in [-0.05, 0) is 12.8 Å². The van der Waals surface area contributed by atoms with Gasteiger partial charge in [-0.1, -0.05) is 13.8 Å². The molecule has 0 spiro atoms. The van der Waals surface area contributed by atoms with Gasteiger partial charge in [-0.2, -0.15) is 0 Å². The van der Waals surface area contributed by atoms with Gasteiger partial charge >= 0.3 is 0 Å². The molecule has 0 aliphatic rings. The molecular weight excluding hydrogens is 236 g/mol. The van der Waals surface area contributed by atoms with Crippen LogP contribution in [0.15, 0.2) is 0 Å². The van der Waals surface area contributed by atoms with E-state index in [4.69, 9.17) is 24.1 Å². The highest BCUT2D eigenvalue weighted by Gasteiger charge is 2.05. The highest BCUT2D eigenvalue weighted by Crippen LogP contribution is 2.04. The molecule has 0 radical (unpaired) electrons. The molecule has 0 fully saturated rings. The van der Waals surface area contributed by atoms with Gasteiger partial charge in [0.2, 0.25) is 0 Å². The molecule has 0 aromatic rings. The molecule has 0 aromatic carbocycles. The number of aliphatic hydroxyl groups excluding tert-OH is 1. The van der Waals surface area contributed by atoms with Crippen LogP contribution in [0.5, 0.6) is 0 Å². The van der Waals surface area contributed by atoms with Crippen molar-refractivity contribution < 1.29 is 24.1 Å². The summed E-state index contributed by atoms with van der Waals surface area (Å²) < 4.78 is 21.2. The van der Waals surface area contributed by atoms with Crippen LogP contribution < -0.4 is 0 Å². The molecule has 0 rings (SSSR count). The second kappa shape index (κ2) is 13.2. The van der Waals surface area contributed by atoms with Crippen molar-refractivity contribution in [3.63, 3.8) is 0 Å². The Morgan fingerprint density at radius 3 is 1.61 bits per heavy atom. The zero-order valence-electron chi connectivity index (χ0n) is 11.9. The van der Waals surface area contributed by atoms with Crippen molar-refractivity contribution in [2.45, 2.75) is 26.9 Å². The molecule has 1 atom stereocenters. The maximum Gasteiger partial charge on any atom is 0.0704 e. The summed E-state index contributed by atoms with van der Waals surface area (Å²) in [5, 5.41) is 8.46. The van der Waals surface area contributed by atoms with Crippen LogP contribution in [0, 0.1) is 5.92 Å². The zero-order chi connectivity index (χ0) is 13.6. The summed E-state index contributed by atoms with van der Waals surface area (Å²) in [5.74, 6) is 0.534. The third-order valence-corrected chi connectivity index (χ3v) is 2.53. The molecule has 5 nitrogen and oxygen atoms in total. The average molecular weight is 264 g/mol. The van der Waals surface area contributed by atoms with Gasteiger partial charge in [-0.3, -0.25) is 0 Å². The van der Waals surface area contributed by atoms with Gasteiger partial charge in [0.05, 0.1) is 59.0 Å². The van der Waals surface area contributed by atoms with Crippen LogP contribution in [0.2, 0.25) is 0 Å². The van der Waals surface area contributed by atoms with E-state index >= 15 is 0 Å². The summed E-state index contributed by atoms with van der Waals surface area (Å²) in [4.78, 5) is 0. The van der Waals surface area contributed by atoms with Crippen molar-refractivity contribution in [3.05, 3.63) is 0 Å². The molecule has 0 amide bonds. The quantitative estimate of drug-likeness (QED) is 0.505. The topological polar surface area (TPSA) is 57.2 Å². The van der Waals surface area contributed by atoms with Crippen LogP contribution >= 0.6 is 0 Å². The van der Waals surface area contributed by atoms with E-state index in [1.807, 2.05) is 0 Å². The normalized spacial score (nSPS) is 13.2. The minimum Gasteiger partial charge on any atom is -0.394 e. The third-order valence-electron chi connectivity index (χ3n) is 2.53. The van der Waals surface area contributed by atoms with Gasteiger partial charge in [-0.15, -0.1) is 0 Å². The minimum atomic E-state index is 0.0535. The predicted molar refractivity (Wildman–Crippen MR) is 69.8 cm³/mol. The molecule has 18 heavy (non-hydrogen) atoms. The predicted octanol–water partition coefficient (Wildman–Crippen LogP) is 1.09. The van der Waals surface area contributed by atoms with Crippen LogP contribution in [-0.2, 0) is 18.9 Å². The Morgan fingerprint density at radius 2 is 1.17 bits per heavy atom. The molecular formula is C13H28O5. The van der Waals surface area contributed by atoms with E-state index in [-0.39, 0.29) is 12.7 Å². The molecule has 110 valence electrons. The first-order chi connectivity index (χ1) is 8.68. The third kappa shape index (κ3) is 12.3. The Morgan fingerprint density at radius 1 is 0.722 bits per heavy atom. The number of aliphatic hydroxyl groups is 1. The first kappa shape index (κ1) is 17.8. The van der Waals surface area contributed by atoms with E-state index in [2.05, 4.69) is 20.8 Å². The van der Waals surface area contributed by atoms with Crippen LogP contribution in [0.3, 0.4) is 0 Å². The van der Waals surface area contributed by atoms with Gasteiger partial charge in [-0.25, -0.2) is 0 Å². The van der Waals surface area contributed by atoms with E-state index < -0.39 is 0 Å². The maximum atomic E-state index is 8.46. The molecule has 0 aliphatic heterocycles. The van der Waals surface area contributed by atoms with Crippen molar-refractivity contribution in [1.29, 1.82) is 0 Å². The van der Waals surface area contributed by atoms with Crippen LogP contribution in [0.25, 0.3) is 0 Å². The Hall–Kier alpha value is -0.200. The second-order valence-electron chi connectivity index (χ2n) is 4.38. The monoisotopic (exact) mass is 264 g/mol. The SMILES string of the molecule is CC(C)C(C)OCCOCCOCCOCCO. The largest absolute Gasteiger partial charge is 0.394 e. The summed E-state index contributed by atoms with van der Waals surface area (Å²) in [7, 11) is 0. The Kier molecular flexibility index (Phi) is 13.1. The van der Waals surface area contributed by atoms with E-state index in [0.29, 0.717) is 52.2 Å². The summed E-state index contributed by atoms with van der Waals surface area (Å²) in [6, 6.07) is 0. The Labute approximate surface area is 110 Å². The lowest BCUT2D eigenvalue weighted by Gasteiger charge is -2.16. The second-order valence-corrected chi connectivity index (χ2v) is 4.38. The fourth-order valence-corrected chi connectivity index (χ4v) is 1.09. The minimum absolute atomic E-state index is 0.0535. The van der Waals surface area contributed by atoms with Gasteiger partial charge in [0.1, 0.15) is 0 Å². The van der Waals surface area contributed by atoms with Crippen molar-refractivity contribution >= 4 is 0 Å². The van der Waals surface area contributed by atoms with E-state index in [0.717, 1.165) is 0 Å². The number of rotatable bonds is 13. The highest BCUT2D eigenvalue weighted by molar-refractivity contribution is 4.53. The Bertz CT molecular complexity index is 163. The molecule has 5 heteroatoms. The van der Waals surface area contributed by atoms with E-state index in [1.54, 1.807) is 0 Å². The summed E-state index contributed by atoms with van der Waals surface area (Å²) in [6.07, 6.45) is 0.272. The van der Waals surface area contributed by atoms with Crippen LogP contribution in [-0.4, -0.2) is 64.1 Å². The summed E-state index contributed by atoms with van der Waals surface area (Å²) in [5.41, 5.74) is 0. The molecule has 1 unspecified atom stereocenters. The van der Waals surface area contributed by atoms with Crippen molar-refractivity contribution in [1.82, 2.24) is 0 Å². The lowest BCUT2D eigenvalue weighted by atomic mass is 10.1. The lowest BCUT2D eigenvalue weighted by molar-refractivity contribution is -0.0257. The average Bonchev–Trinajstić information content (AvgIpc) is 2.35. The summed E-state index contributed by atoms with van der Waals surface area (Å²) >= 11 is 0. The van der Waals surface area contributed by atoms with Crippen molar-refractivity contribution in [2.24, 2.45) is 5.92 Å². The highest BCUT2D eigenvalue weighted by atomic mass is 16.6. The first-order valence-corrected chi connectivity index (χ1v) is 6.64. The van der Waals surface area contributed by atoms with Gasteiger partial charge < -0.3 is 24.1 Å². The van der Waals surface area contributed by atoms with E-state index in [1.165, 1.54) is 0 Å². The molecule has 0 heterocycles. The fraction of sp³-hybridized carbons (Fsp3) is 1.00. The first-order valence-electron chi connectivity index (χ1n) is 6.64. The fourth-order valence-electron chi connectivity index (χ4n) is 1.09. The maximum absolute atomic E-state index is 8.46. The summed E-state index contributed by atoms with van der Waals surface area (Å²) in [6.45, 7) is 10.2. The molecule has 0 aromatic heterocycles. The standard InChI is InChI=1S/C13H28O5/c1-12(2)13(3)18-11-10-17-9-8-16-7-6-15-5-4-14/h12-14H,4-11H2,1-3H3. The lowest BCUT2D eigenvalue weighted by Crippen LogP contribution is -2.19. The Balaban J connectivity index is 3.03. The number of hydrogen-bond donors (Lipinski definition) is 1. The van der Waals surface area contributed by atoms with Gasteiger partial charge in [0.15, 0.2) is 0 Å². The van der Waals surface area contributed by atoms with Crippen LogP contribution in [0.4, 0.5) is 0 Å². The van der Waals surface area contributed by atoms with Gasteiger partial charge in [0.25, 0.3) is 0 Å².